The summed E-state index contributed by atoms with van der Waals surface area (Å²) >= 11 is 0. The van der Waals surface area contributed by atoms with Gasteiger partial charge in [0.25, 0.3) is 0 Å². The fourth-order valence-corrected chi connectivity index (χ4v) is 3.64. The molecule has 6 nitrogen and oxygen atoms in total. The molecule has 3 rings (SSSR count). The summed E-state index contributed by atoms with van der Waals surface area (Å²) in [6.07, 6.45) is 6.39. The molecule has 1 aromatic heterocycles. The van der Waals surface area contributed by atoms with Gasteiger partial charge >= 0.3 is 5.97 Å². The summed E-state index contributed by atoms with van der Waals surface area (Å²) in [5.41, 5.74) is 1.65. The topological polar surface area (TPSA) is 84.2 Å². The van der Waals surface area contributed by atoms with Gasteiger partial charge in [-0.2, -0.15) is 5.10 Å². The number of benzene rings is 1. The van der Waals surface area contributed by atoms with E-state index >= 15 is 0 Å². The van der Waals surface area contributed by atoms with Crippen LogP contribution in [0.15, 0.2) is 36.5 Å². The number of hydrogen-bond donors (Lipinski definition) is 2. The molecule has 0 saturated heterocycles. The molecule has 0 bridgehead atoms. The molecule has 0 radical (unpaired) electrons. The third kappa shape index (κ3) is 3.73. The van der Waals surface area contributed by atoms with Gasteiger partial charge in [0.15, 0.2) is 5.82 Å². The van der Waals surface area contributed by atoms with Crippen molar-refractivity contribution in [2.45, 2.75) is 51.0 Å². The van der Waals surface area contributed by atoms with Gasteiger partial charge in [0, 0.05) is 12.3 Å². The van der Waals surface area contributed by atoms with Gasteiger partial charge < -0.3 is 10.4 Å². The van der Waals surface area contributed by atoms with Crippen LogP contribution in [-0.2, 0) is 21.5 Å². The van der Waals surface area contributed by atoms with Crippen molar-refractivity contribution in [1.82, 2.24) is 9.78 Å². The molecule has 0 aliphatic heterocycles. The molecular formula is C19H23N3O3. The van der Waals surface area contributed by atoms with Crippen molar-refractivity contribution in [2.75, 3.05) is 5.32 Å². The molecule has 2 N–H and O–H groups in total. The van der Waals surface area contributed by atoms with Crippen LogP contribution in [0.2, 0.25) is 0 Å². The van der Waals surface area contributed by atoms with E-state index in [0.717, 1.165) is 43.2 Å². The summed E-state index contributed by atoms with van der Waals surface area (Å²) in [4.78, 5) is 23.9. The van der Waals surface area contributed by atoms with E-state index in [1.54, 1.807) is 12.3 Å². The molecule has 25 heavy (non-hydrogen) atoms. The fourth-order valence-electron chi connectivity index (χ4n) is 3.64. The number of nitrogens with one attached hydrogen (secondary N) is 1. The molecule has 1 aliphatic rings. The van der Waals surface area contributed by atoms with E-state index in [1.165, 1.54) is 4.68 Å². The molecule has 2 aromatic rings. The predicted molar refractivity (Wildman–Crippen MR) is 94.4 cm³/mol. The Hall–Kier alpha value is -2.63. The smallest absolute Gasteiger partial charge is 0.325 e. The summed E-state index contributed by atoms with van der Waals surface area (Å²) < 4.78 is 1.30. The van der Waals surface area contributed by atoms with Crippen molar-refractivity contribution in [1.29, 1.82) is 0 Å². The molecule has 6 heteroatoms. The van der Waals surface area contributed by atoms with Crippen LogP contribution in [0.4, 0.5) is 5.82 Å². The van der Waals surface area contributed by atoms with E-state index in [4.69, 9.17) is 5.11 Å². The number of rotatable bonds is 5. The number of anilines is 1. The third-order valence-corrected chi connectivity index (χ3v) is 4.89. The summed E-state index contributed by atoms with van der Waals surface area (Å²) in [6, 6.07) is 9.78. The Morgan fingerprint density at radius 2 is 2.00 bits per heavy atom. The van der Waals surface area contributed by atoms with Gasteiger partial charge in [0.2, 0.25) is 5.91 Å². The first-order valence-electron chi connectivity index (χ1n) is 8.63. The molecular weight excluding hydrogens is 318 g/mol. The molecule has 1 amide bonds. The summed E-state index contributed by atoms with van der Waals surface area (Å²) in [6.45, 7) is 1.81. The Labute approximate surface area is 146 Å². The second-order valence-corrected chi connectivity index (χ2v) is 6.76. The van der Waals surface area contributed by atoms with Crippen LogP contribution in [-0.4, -0.2) is 26.8 Å². The largest absolute Gasteiger partial charge is 0.480 e. The van der Waals surface area contributed by atoms with Crippen molar-refractivity contribution in [2.24, 2.45) is 0 Å². The maximum Gasteiger partial charge on any atom is 0.325 e. The van der Waals surface area contributed by atoms with Crippen LogP contribution in [0.25, 0.3) is 0 Å². The first-order valence-corrected chi connectivity index (χ1v) is 8.63. The lowest BCUT2D eigenvalue weighted by Gasteiger charge is -2.36. The van der Waals surface area contributed by atoms with E-state index in [9.17, 15) is 9.59 Å². The van der Waals surface area contributed by atoms with Gasteiger partial charge in [-0.15, -0.1) is 0 Å². The van der Waals surface area contributed by atoms with Crippen molar-refractivity contribution < 1.29 is 14.7 Å². The van der Waals surface area contributed by atoms with Crippen LogP contribution in [0.3, 0.4) is 0 Å². The van der Waals surface area contributed by atoms with E-state index in [2.05, 4.69) is 16.5 Å². The van der Waals surface area contributed by atoms with Gasteiger partial charge in [-0.05, 0) is 25.3 Å². The number of carboxylic acids is 1. The molecule has 1 aliphatic carbocycles. The Morgan fingerprint density at radius 3 is 2.68 bits per heavy atom. The Balaban J connectivity index is 1.85. The zero-order chi connectivity index (χ0) is 17.9. The van der Waals surface area contributed by atoms with Crippen LogP contribution in [0.5, 0.6) is 0 Å². The molecule has 0 atom stereocenters. The van der Waals surface area contributed by atoms with Crippen molar-refractivity contribution in [3.63, 3.8) is 0 Å². The number of nitrogens with zero attached hydrogens (tertiary/aromatic N) is 2. The van der Waals surface area contributed by atoms with E-state index in [0.29, 0.717) is 5.82 Å². The maximum absolute atomic E-state index is 13.2. The molecule has 0 unspecified atom stereocenters. The number of amides is 1. The van der Waals surface area contributed by atoms with Gasteiger partial charge in [-0.3, -0.25) is 14.3 Å². The zero-order valence-electron chi connectivity index (χ0n) is 14.4. The number of carbonyl (C=O) groups excluding carboxylic acids is 1. The number of carbonyl (C=O) groups is 2. The Bertz CT molecular complexity index is 776. The lowest BCUT2D eigenvalue weighted by atomic mass is 9.68. The highest BCUT2D eigenvalue weighted by Gasteiger charge is 2.41. The summed E-state index contributed by atoms with van der Waals surface area (Å²) in [5, 5.41) is 15.9. The number of aryl methyl sites for hydroxylation is 1. The molecule has 1 aromatic carbocycles. The van der Waals surface area contributed by atoms with Crippen molar-refractivity contribution in [3.8, 4) is 0 Å². The quantitative estimate of drug-likeness (QED) is 0.875. The standard InChI is InChI=1S/C19H23N3O3/c1-14-6-5-7-15(12-14)19(9-3-2-4-10-19)18(25)20-16-8-11-22(21-16)13-17(23)24/h5-8,11-12H,2-4,9-10,13H2,1H3,(H,23,24)(H,20,21,25). The SMILES string of the molecule is Cc1cccc(C2(C(=O)Nc3ccn(CC(=O)O)n3)CCCCC2)c1. The average Bonchev–Trinajstić information content (AvgIpc) is 3.01. The number of carboxylic acid groups (broad SMARTS) is 1. The minimum Gasteiger partial charge on any atom is -0.480 e. The van der Waals surface area contributed by atoms with E-state index < -0.39 is 11.4 Å². The number of aliphatic carboxylic acids is 1. The van der Waals surface area contributed by atoms with E-state index in [1.807, 2.05) is 25.1 Å². The van der Waals surface area contributed by atoms with Crippen LogP contribution >= 0.6 is 0 Å². The maximum atomic E-state index is 13.2. The van der Waals surface area contributed by atoms with Gasteiger partial charge in [-0.1, -0.05) is 49.1 Å². The van der Waals surface area contributed by atoms with E-state index in [-0.39, 0.29) is 12.5 Å². The monoisotopic (exact) mass is 341 g/mol. The predicted octanol–water partition coefficient (Wildman–Crippen LogP) is 3.12. The molecule has 132 valence electrons. The Kier molecular flexibility index (Phi) is 4.88. The molecule has 1 heterocycles. The van der Waals surface area contributed by atoms with Gasteiger partial charge in [0.05, 0.1) is 5.41 Å². The second kappa shape index (κ2) is 7.09. The highest BCUT2D eigenvalue weighted by molar-refractivity contribution is 5.98. The number of aromatic nitrogens is 2. The van der Waals surface area contributed by atoms with Crippen molar-refractivity contribution >= 4 is 17.7 Å². The first kappa shape index (κ1) is 17.2. The molecule has 1 saturated carbocycles. The van der Waals surface area contributed by atoms with Crippen LogP contribution < -0.4 is 5.32 Å². The normalized spacial score (nSPS) is 16.4. The van der Waals surface area contributed by atoms with Crippen molar-refractivity contribution in [3.05, 3.63) is 47.7 Å². The highest BCUT2D eigenvalue weighted by atomic mass is 16.4. The second-order valence-electron chi connectivity index (χ2n) is 6.76. The lowest BCUT2D eigenvalue weighted by Crippen LogP contribution is -2.42. The average molecular weight is 341 g/mol. The zero-order valence-corrected chi connectivity index (χ0v) is 14.4. The van der Waals surface area contributed by atoms with Crippen LogP contribution in [0.1, 0.15) is 43.2 Å². The van der Waals surface area contributed by atoms with Crippen LogP contribution in [0, 0.1) is 6.92 Å². The number of hydrogen-bond acceptors (Lipinski definition) is 3. The lowest BCUT2D eigenvalue weighted by molar-refractivity contribution is -0.137. The minimum atomic E-state index is -0.968. The van der Waals surface area contributed by atoms with Gasteiger partial charge in [0.1, 0.15) is 6.54 Å². The first-order chi connectivity index (χ1) is 12.0. The fraction of sp³-hybridized carbons (Fsp3) is 0.421. The Morgan fingerprint density at radius 1 is 1.24 bits per heavy atom. The summed E-state index contributed by atoms with van der Waals surface area (Å²) in [5.74, 6) is -0.633. The molecule has 1 fully saturated rings. The van der Waals surface area contributed by atoms with Gasteiger partial charge in [-0.25, -0.2) is 0 Å². The minimum absolute atomic E-state index is 0.0571. The highest BCUT2D eigenvalue weighted by Crippen LogP contribution is 2.40. The third-order valence-electron chi connectivity index (χ3n) is 4.89. The molecule has 0 spiro atoms. The summed E-state index contributed by atoms with van der Waals surface area (Å²) in [7, 11) is 0.